The quantitative estimate of drug-likeness (QED) is 0.486. The van der Waals surface area contributed by atoms with E-state index in [2.05, 4.69) is 10.3 Å². The van der Waals surface area contributed by atoms with Crippen LogP contribution in [0.4, 0.5) is 10.1 Å². The predicted octanol–water partition coefficient (Wildman–Crippen LogP) is 5.43. The standard InChI is InChI=1S/C20H15ClFN3OS/c21-14-6-4-13(5-7-14)18-11-25-17(12-27-20(25)24-18)8-9-19(26)23-16-3-1-2-15(22)10-16/h1-7,10-12H,8-9H2,(H,23,26). The molecule has 4 rings (SSSR count). The number of carbonyl (C=O) groups excluding carboxylic acids is 1. The number of rotatable bonds is 5. The van der Waals surface area contributed by atoms with E-state index in [4.69, 9.17) is 11.6 Å². The minimum Gasteiger partial charge on any atom is -0.326 e. The number of carbonyl (C=O) groups is 1. The van der Waals surface area contributed by atoms with Crippen molar-refractivity contribution in [2.24, 2.45) is 0 Å². The lowest BCUT2D eigenvalue weighted by molar-refractivity contribution is -0.116. The summed E-state index contributed by atoms with van der Waals surface area (Å²) in [6, 6.07) is 13.4. The van der Waals surface area contributed by atoms with E-state index in [9.17, 15) is 9.18 Å². The predicted molar refractivity (Wildman–Crippen MR) is 107 cm³/mol. The fourth-order valence-corrected chi connectivity index (χ4v) is 3.83. The SMILES string of the molecule is O=C(CCc1csc2nc(-c3ccc(Cl)cc3)cn12)Nc1cccc(F)c1. The summed E-state index contributed by atoms with van der Waals surface area (Å²) < 4.78 is 15.2. The fraction of sp³-hybridized carbons (Fsp3) is 0.100. The van der Waals surface area contributed by atoms with Crippen LogP contribution in [0.2, 0.25) is 5.02 Å². The Morgan fingerprint density at radius 2 is 2.04 bits per heavy atom. The van der Waals surface area contributed by atoms with Gasteiger partial charge in [-0.15, -0.1) is 11.3 Å². The number of aryl methyl sites for hydroxylation is 1. The lowest BCUT2D eigenvalue weighted by Crippen LogP contribution is -2.12. The van der Waals surface area contributed by atoms with E-state index in [0.717, 1.165) is 21.9 Å². The molecule has 27 heavy (non-hydrogen) atoms. The number of nitrogens with zero attached hydrogens (tertiary/aromatic N) is 2. The van der Waals surface area contributed by atoms with E-state index in [0.29, 0.717) is 23.6 Å². The number of thiazole rings is 1. The minimum absolute atomic E-state index is 0.155. The average Bonchev–Trinajstić information content (AvgIpc) is 3.22. The minimum atomic E-state index is -0.375. The topological polar surface area (TPSA) is 46.4 Å². The largest absolute Gasteiger partial charge is 0.326 e. The summed E-state index contributed by atoms with van der Waals surface area (Å²) in [5, 5.41) is 5.41. The Kier molecular flexibility index (Phi) is 4.92. The van der Waals surface area contributed by atoms with Crippen molar-refractivity contribution in [2.75, 3.05) is 5.32 Å². The molecule has 0 saturated heterocycles. The molecular weight excluding hydrogens is 385 g/mol. The Morgan fingerprint density at radius 1 is 1.22 bits per heavy atom. The molecule has 0 atom stereocenters. The number of benzene rings is 2. The second kappa shape index (κ2) is 7.50. The number of fused-ring (bicyclic) bond motifs is 1. The summed E-state index contributed by atoms with van der Waals surface area (Å²) in [5.41, 5.74) is 3.33. The van der Waals surface area contributed by atoms with Gasteiger partial charge in [-0.25, -0.2) is 9.37 Å². The second-order valence-electron chi connectivity index (χ2n) is 6.07. The Bertz CT molecular complexity index is 1100. The van der Waals surface area contributed by atoms with E-state index in [1.54, 1.807) is 12.1 Å². The molecule has 7 heteroatoms. The van der Waals surface area contributed by atoms with Crippen molar-refractivity contribution in [1.29, 1.82) is 0 Å². The van der Waals surface area contributed by atoms with Gasteiger partial charge in [-0.05, 0) is 36.8 Å². The molecule has 2 heterocycles. The molecule has 136 valence electrons. The number of aromatic nitrogens is 2. The van der Waals surface area contributed by atoms with Crippen molar-refractivity contribution in [1.82, 2.24) is 9.38 Å². The van der Waals surface area contributed by atoms with Gasteiger partial charge in [0.05, 0.1) is 5.69 Å². The summed E-state index contributed by atoms with van der Waals surface area (Å²) in [6.07, 6.45) is 2.84. The highest BCUT2D eigenvalue weighted by Crippen LogP contribution is 2.25. The summed E-state index contributed by atoms with van der Waals surface area (Å²) in [6.45, 7) is 0. The van der Waals surface area contributed by atoms with E-state index in [1.165, 1.54) is 23.5 Å². The highest BCUT2D eigenvalue weighted by molar-refractivity contribution is 7.15. The fourth-order valence-electron chi connectivity index (χ4n) is 2.80. The van der Waals surface area contributed by atoms with E-state index in [1.807, 2.05) is 40.2 Å². The molecular formula is C20H15ClFN3OS. The van der Waals surface area contributed by atoms with Gasteiger partial charge in [-0.1, -0.05) is 29.8 Å². The van der Waals surface area contributed by atoms with Gasteiger partial charge in [0.2, 0.25) is 5.91 Å². The first-order valence-electron chi connectivity index (χ1n) is 8.35. The number of hydrogen-bond donors (Lipinski definition) is 1. The monoisotopic (exact) mass is 399 g/mol. The number of hydrogen-bond acceptors (Lipinski definition) is 3. The number of anilines is 1. The molecule has 2 aromatic heterocycles. The van der Waals surface area contributed by atoms with Crippen molar-refractivity contribution in [3.8, 4) is 11.3 Å². The van der Waals surface area contributed by atoms with Gasteiger partial charge in [0, 0.05) is 40.0 Å². The van der Waals surface area contributed by atoms with Gasteiger partial charge in [-0.3, -0.25) is 9.20 Å². The summed E-state index contributed by atoms with van der Waals surface area (Å²) in [5.74, 6) is -0.529. The highest BCUT2D eigenvalue weighted by atomic mass is 35.5. The molecule has 4 aromatic rings. The lowest BCUT2D eigenvalue weighted by atomic mass is 10.2. The summed E-state index contributed by atoms with van der Waals surface area (Å²) in [4.78, 5) is 17.7. The third kappa shape index (κ3) is 4.02. The zero-order valence-corrected chi connectivity index (χ0v) is 15.7. The normalized spacial score (nSPS) is 11.0. The van der Waals surface area contributed by atoms with Crippen LogP contribution in [-0.4, -0.2) is 15.3 Å². The molecule has 0 saturated carbocycles. The van der Waals surface area contributed by atoms with E-state index < -0.39 is 0 Å². The maximum absolute atomic E-state index is 13.2. The molecule has 1 N–H and O–H groups in total. The number of halogens is 2. The van der Waals surface area contributed by atoms with Gasteiger partial charge < -0.3 is 5.32 Å². The smallest absolute Gasteiger partial charge is 0.224 e. The Hall–Kier alpha value is -2.70. The van der Waals surface area contributed by atoms with Gasteiger partial charge in [0.15, 0.2) is 4.96 Å². The number of imidazole rings is 1. The van der Waals surface area contributed by atoms with Crippen LogP contribution in [0, 0.1) is 5.82 Å². The van der Waals surface area contributed by atoms with Crippen LogP contribution in [-0.2, 0) is 11.2 Å². The molecule has 4 nitrogen and oxygen atoms in total. The van der Waals surface area contributed by atoms with Crippen LogP contribution in [0.5, 0.6) is 0 Å². The van der Waals surface area contributed by atoms with Crippen molar-refractivity contribution in [3.63, 3.8) is 0 Å². The van der Waals surface area contributed by atoms with E-state index >= 15 is 0 Å². The molecule has 1 amide bonds. The molecule has 2 aromatic carbocycles. The molecule has 0 unspecified atom stereocenters. The third-order valence-electron chi connectivity index (χ3n) is 4.14. The Labute approximate surface area is 164 Å². The second-order valence-corrected chi connectivity index (χ2v) is 7.34. The van der Waals surface area contributed by atoms with Gasteiger partial charge in [0.25, 0.3) is 0 Å². The lowest BCUT2D eigenvalue weighted by Gasteiger charge is -2.05. The highest BCUT2D eigenvalue weighted by Gasteiger charge is 2.11. The molecule has 0 aliphatic rings. The summed E-state index contributed by atoms with van der Waals surface area (Å²) in [7, 11) is 0. The first-order valence-corrected chi connectivity index (χ1v) is 9.61. The van der Waals surface area contributed by atoms with E-state index in [-0.39, 0.29) is 11.7 Å². The molecule has 0 aliphatic heterocycles. The van der Waals surface area contributed by atoms with Crippen LogP contribution >= 0.6 is 22.9 Å². The van der Waals surface area contributed by atoms with Crippen molar-refractivity contribution < 1.29 is 9.18 Å². The van der Waals surface area contributed by atoms with Gasteiger partial charge in [-0.2, -0.15) is 0 Å². The first kappa shape index (κ1) is 17.7. The zero-order chi connectivity index (χ0) is 18.8. The average molecular weight is 400 g/mol. The van der Waals surface area contributed by atoms with Crippen molar-refractivity contribution >= 4 is 39.5 Å². The Morgan fingerprint density at radius 3 is 2.81 bits per heavy atom. The van der Waals surface area contributed by atoms with Gasteiger partial charge >= 0.3 is 0 Å². The van der Waals surface area contributed by atoms with Crippen LogP contribution < -0.4 is 5.32 Å². The molecule has 0 fully saturated rings. The van der Waals surface area contributed by atoms with Gasteiger partial charge in [0.1, 0.15) is 5.82 Å². The van der Waals surface area contributed by atoms with Crippen molar-refractivity contribution in [3.05, 3.63) is 76.6 Å². The molecule has 0 spiro atoms. The van der Waals surface area contributed by atoms with Crippen LogP contribution in [0.1, 0.15) is 12.1 Å². The molecule has 0 bridgehead atoms. The summed E-state index contributed by atoms with van der Waals surface area (Å²) >= 11 is 7.47. The number of amides is 1. The van der Waals surface area contributed by atoms with Crippen LogP contribution in [0.25, 0.3) is 16.2 Å². The van der Waals surface area contributed by atoms with Crippen LogP contribution in [0.15, 0.2) is 60.1 Å². The Balaban J connectivity index is 1.46. The maximum atomic E-state index is 13.2. The zero-order valence-electron chi connectivity index (χ0n) is 14.2. The molecule has 0 aliphatic carbocycles. The molecule has 0 radical (unpaired) electrons. The van der Waals surface area contributed by atoms with Crippen molar-refractivity contribution in [2.45, 2.75) is 12.8 Å². The van der Waals surface area contributed by atoms with Crippen LogP contribution in [0.3, 0.4) is 0 Å². The third-order valence-corrected chi connectivity index (χ3v) is 5.28. The number of nitrogens with one attached hydrogen (secondary N) is 1. The maximum Gasteiger partial charge on any atom is 0.224 e. The first-order chi connectivity index (χ1) is 13.1.